The van der Waals surface area contributed by atoms with Crippen molar-refractivity contribution in [2.45, 2.75) is 58.3 Å². The summed E-state index contributed by atoms with van der Waals surface area (Å²) in [4.78, 5) is 17.4. The second kappa shape index (κ2) is 8.90. The average Bonchev–Trinajstić information content (AvgIpc) is 2.87. The fourth-order valence-corrected chi connectivity index (χ4v) is 4.35. The fourth-order valence-electron chi connectivity index (χ4n) is 4.35. The molecule has 0 aromatic heterocycles. The van der Waals surface area contributed by atoms with E-state index in [0.717, 1.165) is 44.1 Å². The maximum absolute atomic E-state index is 12.9. The number of phenols is 1. The molecule has 1 aromatic carbocycles. The molecule has 1 heterocycles. The third-order valence-electron chi connectivity index (χ3n) is 6.04. The summed E-state index contributed by atoms with van der Waals surface area (Å²) < 4.78 is 0. The van der Waals surface area contributed by atoms with Gasteiger partial charge in [0, 0.05) is 26.2 Å². The van der Waals surface area contributed by atoms with Crippen molar-refractivity contribution in [2.75, 3.05) is 32.7 Å². The van der Waals surface area contributed by atoms with Crippen LogP contribution in [0.3, 0.4) is 0 Å². The summed E-state index contributed by atoms with van der Waals surface area (Å²) in [5, 5.41) is 10.3. The Balaban J connectivity index is 1.58. The van der Waals surface area contributed by atoms with Crippen molar-refractivity contribution < 1.29 is 9.90 Å². The number of rotatable bonds is 4. The Morgan fingerprint density at radius 3 is 2.54 bits per heavy atom. The van der Waals surface area contributed by atoms with E-state index in [4.69, 9.17) is 0 Å². The van der Waals surface area contributed by atoms with Crippen LogP contribution in [-0.4, -0.2) is 53.5 Å². The number of benzene rings is 1. The molecule has 1 saturated heterocycles. The zero-order chi connectivity index (χ0) is 18.5. The number of aromatic hydroxyl groups is 1. The second-order valence-electron chi connectivity index (χ2n) is 8.38. The molecule has 3 rings (SSSR count). The van der Waals surface area contributed by atoms with E-state index in [1.54, 1.807) is 12.1 Å². The zero-order valence-electron chi connectivity index (χ0n) is 16.4. The summed E-state index contributed by atoms with van der Waals surface area (Å²) in [5.74, 6) is 1.28. The lowest BCUT2D eigenvalue weighted by molar-refractivity contribution is 0.0757. The van der Waals surface area contributed by atoms with Crippen molar-refractivity contribution in [3.8, 4) is 5.75 Å². The van der Waals surface area contributed by atoms with Crippen molar-refractivity contribution in [1.82, 2.24) is 9.80 Å². The van der Waals surface area contributed by atoms with Gasteiger partial charge in [0.05, 0.1) is 5.56 Å². The van der Waals surface area contributed by atoms with Crippen molar-refractivity contribution in [2.24, 2.45) is 5.92 Å². The quantitative estimate of drug-likeness (QED) is 0.875. The molecule has 1 amide bonds. The van der Waals surface area contributed by atoms with E-state index in [1.807, 2.05) is 11.0 Å². The Kier molecular flexibility index (Phi) is 6.58. The highest BCUT2D eigenvalue weighted by atomic mass is 16.3. The highest BCUT2D eigenvalue weighted by Gasteiger charge is 2.24. The first-order valence-corrected chi connectivity index (χ1v) is 10.4. The van der Waals surface area contributed by atoms with Gasteiger partial charge in [0.25, 0.3) is 5.91 Å². The van der Waals surface area contributed by atoms with Crippen LogP contribution in [0, 0.1) is 5.92 Å². The van der Waals surface area contributed by atoms with Gasteiger partial charge in [0.1, 0.15) is 5.75 Å². The van der Waals surface area contributed by atoms with Crippen molar-refractivity contribution in [1.29, 1.82) is 0 Å². The second-order valence-corrected chi connectivity index (χ2v) is 8.38. The van der Waals surface area contributed by atoms with Crippen LogP contribution >= 0.6 is 0 Å². The minimum Gasteiger partial charge on any atom is -0.507 e. The van der Waals surface area contributed by atoms with E-state index in [-0.39, 0.29) is 11.7 Å². The minimum absolute atomic E-state index is 0.0303. The Morgan fingerprint density at radius 1 is 1.08 bits per heavy atom. The van der Waals surface area contributed by atoms with Crippen LogP contribution in [0.5, 0.6) is 5.75 Å². The third-order valence-corrected chi connectivity index (χ3v) is 6.04. The Bertz CT molecular complexity index is 608. The number of amides is 1. The molecular weight excluding hydrogens is 324 g/mol. The predicted molar refractivity (Wildman–Crippen MR) is 106 cm³/mol. The van der Waals surface area contributed by atoms with Gasteiger partial charge in [-0.05, 0) is 55.3 Å². The Labute approximate surface area is 158 Å². The van der Waals surface area contributed by atoms with Crippen molar-refractivity contribution in [3.63, 3.8) is 0 Å². The van der Waals surface area contributed by atoms with Gasteiger partial charge < -0.3 is 14.9 Å². The average molecular weight is 359 g/mol. The first kappa shape index (κ1) is 19.2. The van der Waals surface area contributed by atoms with Gasteiger partial charge in [-0.3, -0.25) is 4.79 Å². The number of phenolic OH excluding ortho intramolecular Hbond substituents is 1. The lowest BCUT2D eigenvalue weighted by Gasteiger charge is -2.28. The molecule has 2 fully saturated rings. The van der Waals surface area contributed by atoms with Crippen LogP contribution in [0.2, 0.25) is 0 Å². The molecule has 4 nitrogen and oxygen atoms in total. The van der Waals surface area contributed by atoms with Crippen LogP contribution < -0.4 is 0 Å². The van der Waals surface area contributed by atoms with E-state index in [9.17, 15) is 9.90 Å². The lowest BCUT2D eigenvalue weighted by atomic mass is 9.89. The topological polar surface area (TPSA) is 43.8 Å². The molecule has 1 aromatic rings. The third kappa shape index (κ3) is 4.79. The van der Waals surface area contributed by atoms with Crippen molar-refractivity contribution in [3.05, 3.63) is 29.3 Å². The molecular formula is C22H34N2O2. The maximum atomic E-state index is 12.9. The summed E-state index contributed by atoms with van der Waals surface area (Å²) in [6, 6.07) is 5.49. The molecule has 1 aliphatic heterocycles. The van der Waals surface area contributed by atoms with Crippen LogP contribution in [0.25, 0.3) is 0 Å². The van der Waals surface area contributed by atoms with Gasteiger partial charge in [0.15, 0.2) is 0 Å². The lowest BCUT2D eigenvalue weighted by Crippen LogP contribution is -2.37. The summed E-state index contributed by atoms with van der Waals surface area (Å²) in [6.45, 7) is 8.95. The highest BCUT2D eigenvalue weighted by Crippen LogP contribution is 2.26. The smallest absolute Gasteiger partial charge is 0.257 e. The fraction of sp³-hybridized carbons (Fsp3) is 0.682. The first-order chi connectivity index (χ1) is 12.5. The summed E-state index contributed by atoms with van der Waals surface area (Å²) in [6.07, 6.45) is 7.93. The molecule has 4 heteroatoms. The maximum Gasteiger partial charge on any atom is 0.257 e. The Hall–Kier alpha value is -1.55. The molecule has 1 aliphatic carbocycles. The standard InChI is InChI=1S/C22H34N2O2/c1-17(2)19-9-10-20(21(25)15-19)22(26)24-12-6-11-23(13-14-24)16-18-7-4-3-5-8-18/h9-10,15,17-18,25H,3-8,11-14,16H2,1-2H3. The van der Waals surface area contributed by atoms with Crippen LogP contribution in [0.1, 0.15) is 74.2 Å². The zero-order valence-corrected chi connectivity index (χ0v) is 16.4. The molecule has 0 radical (unpaired) electrons. The van der Waals surface area contributed by atoms with Gasteiger partial charge in [-0.25, -0.2) is 0 Å². The summed E-state index contributed by atoms with van der Waals surface area (Å²) in [7, 11) is 0. The summed E-state index contributed by atoms with van der Waals surface area (Å²) >= 11 is 0. The molecule has 0 atom stereocenters. The van der Waals surface area contributed by atoms with Crippen LogP contribution in [-0.2, 0) is 0 Å². The molecule has 144 valence electrons. The molecule has 0 spiro atoms. The van der Waals surface area contributed by atoms with Gasteiger partial charge in [0.2, 0.25) is 0 Å². The summed E-state index contributed by atoms with van der Waals surface area (Å²) in [5.41, 5.74) is 1.50. The number of hydrogen-bond acceptors (Lipinski definition) is 3. The van der Waals surface area contributed by atoms with E-state index in [1.165, 1.54) is 38.6 Å². The SMILES string of the molecule is CC(C)c1ccc(C(=O)N2CCCN(CC3CCCCC3)CC2)c(O)c1. The molecule has 1 N–H and O–H groups in total. The molecule has 1 saturated carbocycles. The van der Waals surface area contributed by atoms with E-state index >= 15 is 0 Å². The number of hydrogen-bond donors (Lipinski definition) is 1. The van der Waals surface area contributed by atoms with Gasteiger partial charge in [-0.1, -0.05) is 39.2 Å². The molecule has 0 unspecified atom stereocenters. The molecule has 0 bridgehead atoms. The minimum atomic E-state index is -0.0303. The van der Waals surface area contributed by atoms with Gasteiger partial charge in [-0.15, -0.1) is 0 Å². The van der Waals surface area contributed by atoms with E-state index in [0.29, 0.717) is 11.5 Å². The van der Waals surface area contributed by atoms with Gasteiger partial charge >= 0.3 is 0 Å². The van der Waals surface area contributed by atoms with E-state index < -0.39 is 0 Å². The largest absolute Gasteiger partial charge is 0.507 e. The van der Waals surface area contributed by atoms with Crippen LogP contribution in [0.4, 0.5) is 0 Å². The highest BCUT2D eigenvalue weighted by molar-refractivity contribution is 5.97. The first-order valence-electron chi connectivity index (χ1n) is 10.4. The predicted octanol–water partition coefficient (Wildman–Crippen LogP) is 4.24. The number of nitrogens with zero attached hydrogens (tertiary/aromatic N) is 2. The van der Waals surface area contributed by atoms with Crippen molar-refractivity contribution >= 4 is 5.91 Å². The van der Waals surface area contributed by atoms with Gasteiger partial charge in [-0.2, -0.15) is 0 Å². The Morgan fingerprint density at radius 2 is 1.85 bits per heavy atom. The molecule has 2 aliphatic rings. The molecule has 26 heavy (non-hydrogen) atoms. The number of carbonyl (C=O) groups is 1. The normalized spacial score (nSPS) is 20.3. The van der Waals surface area contributed by atoms with E-state index in [2.05, 4.69) is 18.7 Å². The van der Waals surface area contributed by atoms with Crippen LogP contribution in [0.15, 0.2) is 18.2 Å². The monoisotopic (exact) mass is 358 g/mol. The number of carbonyl (C=O) groups excluding carboxylic acids is 1.